The van der Waals surface area contributed by atoms with Crippen molar-refractivity contribution in [3.05, 3.63) is 60.4 Å². The number of para-hydroxylation sites is 2. The van der Waals surface area contributed by atoms with Crippen LogP contribution in [0.5, 0.6) is 0 Å². The number of rotatable bonds is 2. The molecule has 1 unspecified atom stereocenters. The number of benzene rings is 2. The minimum Gasteiger partial charge on any atom is -0.333 e. The van der Waals surface area contributed by atoms with Crippen LogP contribution in [0.25, 0.3) is 16.7 Å². The number of aromatic nitrogens is 2. The Morgan fingerprint density at radius 3 is 2.58 bits per heavy atom. The molecule has 0 aliphatic carbocycles. The topological polar surface area (TPSA) is 50.2 Å². The second-order valence-electron chi connectivity index (χ2n) is 6.20. The molecule has 1 saturated heterocycles. The summed E-state index contributed by atoms with van der Waals surface area (Å²) >= 11 is 0. The fourth-order valence-corrected chi connectivity index (χ4v) is 3.24. The van der Waals surface area contributed by atoms with Crippen molar-refractivity contribution in [1.29, 1.82) is 0 Å². The Morgan fingerprint density at radius 2 is 1.85 bits per heavy atom. The second-order valence-corrected chi connectivity index (χ2v) is 6.20. The van der Waals surface area contributed by atoms with Gasteiger partial charge >= 0.3 is 0 Å². The highest BCUT2D eigenvalue weighted by molar-refractivity contribution is 5.94. The largest absolute Gasteiger partial charge is 0.333 e. The molecule has 1 aliphatic heterocycles. The number of carbonyl (C=O) groups is 1. The van der Waals surface area contributed by atoms with Gasteiger partial charge < -0.3 is 10.2 Å². The van der Waals surface area contributed by atoms with Crippen LogP contribution < -0.4 is 5.32 Å². The third-order valence-electron chi connectivity index (χ3n) is 4.61. The van der Waals surface area contributed by atoms with Crippen LogP contribution in [-0.4, -0.2) is 46.0 Å². The normalized spacial score (nSPS) is 16.7. The van der Waals surface area contributed by atoms with Gasteiger partial charge in [-0.2, -0.15) is 0 Å². The van der Waals surface area contributed by atoms with Crippen LogP contribution in [0, 0.1) is 0 Å². The number of nitrogens with zero attached hydrogens (tertiary/aromatic N) is 3. The number of hydrogen-bond donors (Lipinski definition) is 1. The van der Waals surface area contributed by atoms with Crippen LogP contribution in [0.15, 0.2) is 54.9 Å². The Kier molecular flexibility index (Phi) is 6.64. The number of nitrogens with one attached hydrogen (secondary N) is 1. The van der Waals surface area contributed by atoms with Crippen molar-refractivity contribution < 1.29 is 4.79 Å². The van der Waals surface area contributed by atoms with E-state index < -0.39 is 0 Å². The monoisotopic (exact) mass is 392 g/mol. The van der Waals surface area contributed by atoms with Gasteiger partial charge in [0.05, 0.1) is 11.0 Å². The zero-order valence-corrected chi connectivity index (χ0v) is 16.1. The van der Waals surface area contributed by atoms with Gasteiger partial charge in [0.25, 0.3) is 5.91 Å². The van der Waals surface area contributed by atoms with E-state index in [0.29, 0.717) is 0 Å². The van der Waals surface area contributed by atoms with Gasteiger partial charge in [0.15, 0.2) is 0 Å². The molecule has 138 valence electrons. The zero-order chi connectivity index (χ0) is 16.5. The standard InChI is InChI=1S/C19H20N4O.2ClH/c1-14-12-20-10-11-22(14)19(24)15-6-8-16(9-7-15)23-13-21-17-4-2-3-5-18(17)23;;/h2-9,13-14,20H,10-12H2,1H3;2*1H. The maximum absolute atomic E-state index is 12.7. The molecule has 26 heavy (non-hydrogen) atoms. The number of imidazole rings is 1. The first-order valence-electron chi connectivity index (χ1n) is 8.28. The molecule has 1 fully saturated rings. The number of amides is 1. The highest BCUT2D eigenvalue weighted by atomic mass is 35.5. The lowest BCUT2D eigenvalue weighted by Crippen LogP contribution is -2.52. The van der Waals surface area contributed by atoms with Gasteiger partial charge in [-0.25, -0.2) is 4.98 Å². The summed E-state index contributed by atoms with van der Waals surface area (Å²) in [5.74, 6) is 0.103. The Morgan fingerprint density at radius 1 is 1.12 bits per heavy atom. The van der Waals surface area contributed by atoms with E-state index >= 15 is 0 Å². The lowest BCUT2D eigenvalue weighted by Gasteiger charge is -2.34. The van der Waals surface area contributed by atoms with Gasteiger partial charge in [0.1, 0.15) is 6.33 Å². The average Bonchev–Trinajstić information content (AvgIpc) is 3.06. The van der Waals surface area contributed by atoms with Crippen LogP contribution in [0.2, 0.25) is 0 Å². The summed E-state index contributed by atoms with van der Waals surface area (Å²) in [5.41, 5.74) is 3.77. The van der Waals surface area contributed by atoms with Crippen LogP contribution in [-0.2, 0) is 0 Å². The van der Waals surface area contributed by atoms with Crippen LogP contribution in [0.4, 0.5) is 0 Å². The number of fused-ring (bicyclic) bond motifs is 1. The summed E-state index contributed by atoms with van der Waals surface area (Å²) in [5, 5.41) is 3.31. The minimum atomic E-state index is 0. The van der Waals surface area contributed by atoms with E-state index in [1.54, 1.807) is 0 Å². The Labute approximate surface area is 165 Å². The van der Waals surface area contributed by atoms with Crippen LogP contribution in [0.3, 0.4) is 0 Å². The summed E-state index contributed by atoms with van der Waals surface area (Å²) in [4.78, 5) is 19.1. The first-order chi connectivity index (χ1) is 11.7. The fourth-order valence-electron chi connectivity index (χ4n) is 3.24. The Balaban J connectivity index is 0.00000121. The quantitative estimate of drug-likeness (QED) is 0.727. The Bertz CT molecular complexity index is 879. The molecule has 1 aliphatic rings. The van der Waals surface area contributed by atoms with E-state index in [2.05, 4.69) is 17.2 Å². The summed E-state index contributed by atoms with van der Waals surface area (Å²) < 4.78 is 2.04. The molecule has 3 aromatic rings. The molecule has 1 atom stereocenters. The SMILES string of the molecule is CC1CNCCN1C(=O)c1ccc(-n2cnc3ccccc32)cc1.Cl.Cl. The molecule has 1 aromatic heterocycles. The molecule has 1 N–H and O–H groups in total. The highest BCUT2D eigenvalue weighted by Gasteiger charge is 2.23. The van der Waals surface area contributed by atoms with Gasteiger partial charge in [-0.15, -0.1) is 24.8 Å². The summed E-state index contributed by atoms with van der Waals surface area (Å²) in [6, 6.07) is 16.0. The molecule has 0 bridgehead atoms. The molecule has 1 amide bonds. The zero-order valence-electron chi connectivity index (χ0n) is 14.5. The number of carbonyl (C=O) groups excluding carboxylic acids is 1. The molecule has 0 saturated carbocycles. The molecular weight excluding hydrogens is 371 g/mol. The maximum atomic E-state index is 12.7. The third kappa shape index (κ3) is 3.70. The maximum Gasteiger partial charge on any atom is 0.254 e. The first kappa shape index (κ1) is 20.2. The molecule has 2 aromatic carbocycles. The second kappa shape index (κ2) is 8.54. The summed E-state index contributed by atoms with van der Waals surface area (Å²) in [6.45, 7) is 4.55. The van der Waals surface area contributed by atoms with Crippen LogP contribution >= 0.6 is 24.8 Å². The van der Waals surface area contributed by atoms with Gasteiger partial charge in [-0.3, -0.25) is 9.36 Å². The first-order valence-corrected chi connectivity index (χ1v) is 8.28. The number of piperazine rings is 1. The molecule has 7 heteroatoms. The third-order valence-corrected chi connectivity index (χ3v) is 4.61. The molecule has 0 spiro atoms. The van der Waals surface area contributed by atoms with Crippen molar-refractivity contribution in [1.82, 2.24) is 19.8 Å². The van der Waals surface area contributed by atoms with Crippen molar-refractivity contribution >= 4 is 41.8 Å². The number of halogens is 2. The van der Waals surface area contributed by atoms with Crippen molar-refractivity contribution in [2.24, 2.45) is 0 Å². The van der Waals surface area contributed by atoms with Crippen LogP contribution in [0.1, 0.15) is 17.3 Å². The minimum absolute atomic E-state index is 0. The predicted octanol–water partition coefficient (Wildman–Crippen LogP) is 3.30. The average molecular weight is 393 g/mol. The van der Waals surface area contributed by atoms with Gasteiger partial charge in [-0.1, -0.05) is 12.1 Å². The summed E-state index contributed by atoms with van der Waals surface area (Å²) in [6.07, 6.45) is 1.82. The van der Waals surface area contributed by atoms with E-state index in [1.165, 1.54) is 0 Å². The van der Waals surface area contributed by atoms with E-state index in [9.17, 15) is 4.79 Å². The number of hydrogen-bond acceptors (Lipinski definition) is 3. The molecule has 2 heterocycles. The highest BCUT2D eigenvalue weighted by Crippen LogP contribution is 2.19. The smallest absolute Gasteiger partial charge is 0.254 e. The van der Waals surface area contributed by atoms with E-state index in [-0.39, 0.29) is 36.8 Å². The summed E-state index contributed by atoms with van der Waals surface area (Å²) in [7, 11) is 0. The Hall–Kier alpha value is -2.08. The van der Waals surface area contributed by atoms with E-state index in [0.717, 1.165) is 41.9 Å². The predicted molar refractivity (Wildman–Crippen MR) is 109 cm³/mol. The molecule has 4 rings (SSSR count). The lowest BCUT2D eigenvalue weighted by molar-refractivity contribution is 0.0656. The van der Waals surface area contributed by atoms with Crippen molar-refractivity contribution in [2.45, 2.75) is 13.0 Å². The molecule has 5 nitrogen and oxygen atoms in total. The lowest BCUT2D eigenvalue weighted by atomic mass is 10.1. The van der Waals surface area contributed by atoms with Gasteiger partial charge in [0.2, 0.25) is 0 Å². The van der Waals surface area contributed by atoms with Gasteiger partial charge in [-0.05, 0) is 43.3 Å². The van der Waals surface area contributed by atoms with Crippen molar-refractivity contribution in [3.8, 4) is 5.69 Å². The van der Waals surface area contributed by atoms with Crippen molar-refractivity contribution in [3.63, 3.8) is 0 Å². The van der Waals surface area contributed by atoms with Crippen molar-refractivity contribution in [2.75, 3.05) is 19.6 Å². The van der Waals surface area contributed by atoms with E-state index in [1.807, 2.05) is 64.3 Å². The van der Waals surface area contributed by atoms with E-state index in [4.69, 9.17) is 0 Å². The van der Waals surface area contributed by atoms with Gasteiger partial charge in [0, 0.05) is 36.9 Å². The fraction of sp³-hybridized carbons (Fsp3) is 0.263. The molecular formula is C19H22Cl2N4O. The molecule has 0 radical (unpaired) electrons.